The number of carbonyl (C=O) groups excluding carboxylic acids is 1. The number of halogens is 2. The Morgan fingerprint density at radius 1 is 1.31 bits per heavy atom. The van der Waals surface area contributed by atoms with Gasteiger partial charge in [-0.2, -0.15) is 0 Å². The van der Waals surface area contributed by atoms with Crippen molar-refractivity contribution in [2.75, 3.05) is 32.1 Å². The molecule has 0 N–H and O–H groups in total. The largest absolute Gasteiger partial charge is 0.475 e. The van der Waals surface area contributed by atoms with Crippen molar-refractivity contribution in [2.45, 2.75) is 19.9 Å². The highest BCUT2D eigenvalue weighted by Crippen LogP contribution is 2.20. The van der Waals surface area contributed by atoms with Crippen LogP contribution in [0.5, 0.6) is 5.88 Å². The van der Waals surface area contributed by atoms with E-state index >= 15 is 0 Å². The van der Waals surface area contributed by atoms with Crippen LogP contribution in [0.2, 0.25) is 5.02 Å². The molecule has 0 aliphatic rings. The summed E-state index contributed by atoms with van der Waals surface area (Å²) in [4.78, 5) is 24.3. The fraction of sp³-hybridized carbons (Fsp3) is 0.389. The number of hydrogen-bond donors (Lipinski definition) is 0. The number of ether oxygens (including phenoxy) is 1. The van der Waals surface area contributed by atoms with Crippen molar-refractivity contribution in [3.8, 4) is 5.88 Å². The smallest absolute Gasteiger partial charge is 0.258 e. The van der Waals surface area contributed by atoms with E-state index in [1.165, 1.54) is 12.3 Å². The highest BCUT2D eigenvalue weighted by Gasteiger charge is 2.25. The molecule has 1 amide bonds. The number of likely N-dealkylation sites (N-methyl/N-ethyl adjacent to an activating group) is 1. The molecule has 0 fully saturated rings. The average molecular weight is 381 g/mol. The summed E-state index contributed by atoms with van der Waals surface area (Å²) in [6, 6.07) is 4.30. The standard InChI is InChI=1S/C18H22ClFN4O2/c1-5-24(12(2)11-26-16-7-6-13(19)9-21-16)18(25)15-8-14(20)10-22-17(15)23(3)4/h6-10,12H,5,11H2,1-4H3. The molecule has 2 aromatic heterocycles. The van der Waals surface area contributed by atoms with E-state index in [2.05, 4.69) is 9.97 Å². The molecule has 6 nitrogen and oxygen atoms in total. The summed E-state index contributed by atoms with van der Waals surface area (Å²) in [5, 5.41) is 0.519. The van der Waals surface area contributed by atoms with Crippen LogP contribution >= 0.6 is 11.6 Å². The van der Waals surface area contributed by atoms with E-state index in [0.29, 0.717) is 23.3 Å². The van der Waals surface area contributed by atoms with Gasteiger partial charge in [0.2, 0.25) is 5.88 Å². The van der Waals surface area contributed by atoms with Gasteiger partial charge in [-0.05, 0) is 26.0 Å². The van der Waals surface area contributed by atoms with Crippen molar-refractivity contribution < 1.29 is 13.9 Å². The SMILES string of the molecule is CCN(C(=O)c1cc(F)cnc1N(C)C)C(C)COc1ccc(Cl)cn1. The first kappa shape index (κ1) is 19.9. The molecule has 0 saturated carbocycles. The molecule has 26 heavy (non-hydrogen) atoms. The Balaban J connectivity index is 2.15. The van der Waals surface area contributed by atoms with Crippen molar-refractivity contribution in [1.29, 1.82) is 0 Å². The first-order valence-electron chi connectivity index (χ1n) is 8.21. The van der Waals surface area contributed by atoms with Gasteiger partial charge in [0.1, 0.15) is 18.2 Å². The summed E-state index contributed by atoms with van der Waals surface area (Å²) in [6.45, 7) is 4.41. The van der Waals surface area contributed by atoms with Gasteiger partial charge in [0.05, 0.1) is 22.8 Å². The number of anilines is 1. The van der Waals surface area contributed by atoms with Gasteiger partial charge in [-0.25, -0.2) is 14.4 Å². The lowest BCUT2D eigenvalue weighted by molar-refractivity contribution is 0.0646. The molecule has 0 saturated heterocycles. The maximum atomic E-state index is 13.6. The van der Waals surface area contributed by atoms with Crippen LogP contribution in [0.1, 0.15) is 24.2 Å². The fourth-order valence-corrected chi connectivity index (χ4v) is 2.61. The lowest BCUT2D eigenvalue weighted by Crippen LogP contribution is -2.42. The Bertz CT molecular complexity index is 755. The van der Waals surface area contributed by atoms with Crippen LogP contribution < -0.4 is 9.64 Å². The second kappa shape index (κ2) is 8.80. The highest BCUT2D eigenvalue weighted by atomic mass is 35.5. The zero-order valence-corrected chi connectivity index (χ0v) is 16.0. The van der Waals surface area contributed by atoms with Gasteiger partial charge in [0.25, 0.3) is 5.91 Å². The van der Waals surface area contributed by atoms with Crippen LogP contribution in [0.25, 0.3) is 0 Å². The molecule has 0 aliphatic carbocycles. The first-order valence-corrected chi connectivity index (χ1v) is 8.59. The Kier molecular flexibility index (Phi) is 6.74. The van der Waals surface area contributed by atoms with Gasteiger partial charge in [-0.1, -0.05) is 11.6 Å². The Morgan fingerprint density at radius 2 is 2.04 bits per heavy atom. The predicted molar refractivity (Wildman–Crippen MR) is 99.4 cm³/mol. The molecular weight excluding hydrogens is 359 g/mol. The number of hydrogen-bond acceptors (Lipinski definition) is 5. The van der Waals surface area contributed by atoms with Gasteiger partial charge in [0, 0.05) is 32.9 Å². The maximum absolute atomic E-state index is 13.6. The molecule has 0 bridgehead atoms. The third-order valence-electron chi connectivity index (χ3n) is 3.79. The normalized spacial score (nSPS) is 11.8. The summed E-state index contributed by atoms with van der Waals surface area (Å²) in [5.74, 6) is -0.0128. The zero-order chi connectivity index (χ0) is 19.3. The van der Waals surface area contributed by atoms with Crippen LogP contribution in [0.4, 0.5) is 10.2 Å². The molecule has 2 aromatic rings. The summed E-state index contributed by atoms with van der Waals surface area (Å²) >= 11 is 5.80. The molecule has 0 aliphatic heterocycles. The third kappa shape index (κ3) is 4.82. The lowest BCUT2D eigenvalue weighted by Gasteiger charge is -2.29. The molecule has 1 unspecified atom stereocenters. The van der Waals surface area contributed by atoms with Crippen molar-refractivity contribution in [3.63, 3.8) is 0 Å². The van der Waals surface area contributed by atoms with Crippen molar-refractivity contribution >= 4 is 23.3 Å². The molecule has 0 aromatic carbocycles. The summed E-state index contributed by atoms with van der Waals surface area (Å²) < 4.78 is 19.3. The second-order valence-electron chi connectivity index (χ2n) is 5.98. The molecular formula is C18H22ClFN4O2. The number of carbonyl (C=O) groups is 1. The van der Waals surface area contributed by atoms with E-state index in [1.54, 1.807) is 36.0 Å². The summed E-state index contributed by atoms with van der Waals surface area (Å²) in [7, 11) is 3.51. The predicted octanol–water partition coefficient (Wildman–Crippen LogP) is 3.26. The molecule has 140 valence electrons. The molecule has 1 atom stereocenters. The number of amides is 1. The highest BCUT2D eigenvalue weighted by molar-refractivity contribution is 6.30. The van der Waals surface area contributed by atoms with Gasteiger partial charge >= 0.3 is 0 Å². The van der Waals surface area contributed by atoms with Crippen LogP contribution in [0.3, 0.4) is 0 Å². The molecule has 0 radical (unpaired) electrons. The van der Waals surface area contributed by atoms with E-state index in [0.717, 1.165) is 6.20 Å². The van der Waals surface area contributed by atoms with Crippen molar-refractivity contribution in [2.24, 2.45) is 0 Å². The van der Waals surface area contributed by atoms with Gasteiger partial charge in [-0.15, -0.1) is 0 Å². The Labute approximate surface area is 157 Å². The Morgan fingerprint density at radius 3 is 2.62 bits per heavy atom. The molecule has 2 rings (SSSR count). The number of nitrogens with zero attached hydrogens (tertiary/aromatic N) is 4. The van der Waals surface area contributed by atoms with Crippen LogP contribution in [-0.2, 0) is 0 Å². The second-order valence-corrected chi connectivity index (χ2v) is 6.42. The van der Waals surface area contributed by atoms with Gasteiger partial charge in [-0.3, -0.25) is 4.79 Å². The van der Waals surface area contributed by atoms with Crippen molar-refractivity contribution in [3.05, 3.63) is 47.0 Å². The van der Waals surface area contributed by atoms with Crippen LogP contribution in [0.15, 0.2) is 30.6 Å². The number of pyridine rings is 2. The minimum Gasteiger partial charge on any atom is -0.475 e. The van der Waals surface area contributed by atoms with E-state index in [-0.39, 0.29) is 24.1 Å². The summed E-state index contributed by atoms with van der Waals surface area (Å²) in [5.41, 5.74) is 0.216. The fourth-order valence-electron chi connectivity index (χ4n) is 2.50. The van der Waals surface area contributed by atoms with E-state index in [4.69, 9.17) is 16.3 Å². The maximum Gasteiger partial charge on any atom is 0.258 e. The topological polar surface area (TPSA) is 58.6 Å². The monoisotopic (exact) mass is 380 g/mol. The van der Waals surface area contributed by atoms with Gasteiger partial charge < -0.3 is 14.5 Å². The quantitative estimate of drug-likeness (QED) is 0.737. The lowest BCUT2D eigenvalue weighted by atomic mass is 10.1. The van der Waals surface area contributed by atoms with Crippen LogP contribution in [-0.4, -0.2) is 54.1 Å². The molecule has 8 heteroatoms. The van der Waals surface area contributed by atoms with Crippen LogP contribution in [0, 0.1) is 5.82 Å². The number of aromatic nitrogens is 2. The minimum absolute atomic E-state index is 0.216. The van der Waals surface area contributed by atoms with E-state index < -0.39 is 5.82 Å². The first-order chi connectivity index (χ1) is 12.3. The van der Waals surface area contributed by atoms with E-state index in [1.807, 2.05) is 13.8 Å². The zero-order valence-electron chi connectivity index (χ0n) is 15.2. The third-order valence-corrected chi connectivity index (χ3v) is 4.02. The number of rotatable bonds is 7. The minimum atomic E-state index is -0.552. The van der Waals surface area contributed by atoms with E-state index in [9.17, 15) is 9.18 Å². The van der Waals surface area contributed by atoms with Gasteiger partial charge in [0.15, 0.2) is 0 Å². The Hall–Kier alpha value is -2.41. The summed E-state index contributed by atoms with van der Waals surface area (Å²) in [6.07, 6.45) is 2.59. The van der Waals surface area contributed by atoms with Crippen molar-refractivity contribution in [1.82, 2.24) is 14.9 Å². The average Bonchev–Trinajstić information content (AvgIpc) is 2.61. The molecule has 2 heterocycles. The molecule has 0 spiro atoms.